The van der Waals surface area contributed by atoms with Crippen molar-refractivity contribution in [2.24, 2.45) is 0 Å². The molecule has 0 spiro atoms. The van der Waals surface area contributed by atoms with E-state index in [9.17, 15) is 0 Å². The number of rotatable bonds is 4. The Bertz CT molecular complexity index is 398. The van der Waals surface area contributed by atoms with E-state index in [2.05, 4.69) is 48.6 Å². The summed E-state index contributed by atoms with van der Waals surface area (Å²) in [5.74, 6) is 0. The van der Waals surface area contributed by atoms with Crippen molar-refractivity contribution in [1.29, 1.82) is 0 Å². The van der Waals surface area contributed by atoms with Crippen molar-refractivity contribution in [1.82, 2.24) is 0 Å². The topological polar surface area (TPSA) is 0 Å². The van der Waals surface area contributed by atoms with Crippen LogP contribution in [0, 0.1) is 0 Å². The van der Waals surface area contributed by atoms with Gasteiger partial charge in [0.15, 0.2) is 0 Å². The summed E-state index contributed by atoms with van der Waals surface area (Å²) in [4.78, 5) is 1.28. The smallest absolute Gasteiger partial charge is 0.0234 e. The molecule has 0 amide bonds. The maximum Gasteiger partial charge on any atom is -0.0234 e. The van der Waals surface area contributed by atoms with Gasteiger partial charge in [-0.15, -0.1) is 8.58 Å². The zero-order valence-electron chi connectivity index (χ0n) is 14.8. The van der Waals surface area contributed by atoms with E-state index in [1.54, 1.807) is 25.7 Å². The Morgan fingerprint density at radius 3 is 1.29 bits per heavy atom. The predicted molar refractivity (Wildman–Crippen MR) is 106 cm³/mol. The van der Waals surface area contributed by atoms with Crippen LogP contribution in [0.15, 0.2) is 48.6 Å². The molecule has 0 aromatic carbocycles. The van der Waals surface area contributed by atoms with Gasteiger partial charge in [-0.25, -0.2) is 0 Å². The summed E-state index contributed by atoms with van der Waals surface area (Å²) in [5, 5.41) is 0. The Balaban J connectivity index is 0.000000143. The van der Waals surface area contributed by atoms with Crippen molar-refractivity contribution in [3.05, 3.63) is 48.6 Å². The van der Waals surface area contributed by atoms with Gasteiger partial charge in [-0.1, -0.05) is 38.5 Å². The molecule has 0 bridgehead atoms. The molecule has 0 aromatic heterocycles. The third-order valence-corrected chi connectivity index (χ3v) is 9.01. The van der Waals surface area contributed by atoms with Crippen LogP contribution < -0.4 is 0 Å². The largest absolute Gasteiger partial charge is 0.116 e. The van der Waals surface area contributed by atoms with Crippen LogP contribution in [0.4, 0.5) is 0 Å². The predicted octanol–water partition coefficient (Wildman–Crippen LogP) is 7.23. The number of allylic oxidation sites excluding steroid dienone is 8. The summed E-state index contributed by atoms with van der Waals surface area (Å²) in [6.07, 6.45) is 32.9. The van der Waals surface area contributed by atoms with E-state index < -0.39 is 0 Å². The summed E-state index contributed by atoms with van der Waals surface area (Å²) in [6, 6.07) is 0. The molecule has 4 aliphatic carbocycles. The average molecular weight is 387 g/mol. The zero-order chi connectivity index (χ0) is 16.5. The maximum atomic E-state index is 2.25. The third kappa shape index (κ3) is 6.66. The molecule has 135 valence electrons. The van der Waals surface area contributed by atoms with E-state index in [4.69, 9.17) is 0 Å². The Morgan fingerprint density at radius 2 is 0.917 bits per heavy atom. The van der Waals surface area contributed by atoms with Gasteiger partial charge in [-0.05, 0) is 37.0 Å². The zero-order valence-corrected chi connectivity index (χ0v) is 16.9. The third-order valence-electron chi connectivity index (χ3n) is 5.31. The molecule has 4 aliphatic rings. The first-order valence-corrected chi connectivity index (χ1v) is 12.3. The molecule has 2 fully saturated rings. The monoisotopic (exact) mass is 387 g/mol. The Kier molecular flexibility index (Phi) is 8.40. The number of hydrogen-bond acceptors (Lipinski definition) is 0. The van der Waals surface area contributed by atoms with Crippen LogP contribution in [0.1, 0.15) is 64.2 Å². The molecule has 2 heteroatoms. The van der Waals surface area contributed by atoms with Crippen LogP contribution >= 0.6 is 8.58 Å². The molecule has 0 radical (unpaired) electrons. The summed E-state index contributed by atoms with van der Waals surface area (Å²) in [6.45, 7) is 0. The second-order valence-corrected chi connectivity index (χ2v) is 11.0. The molecule has 24 heavy (non-hydrogen) atoms. The fourth-order valence-corrected chi connectivity index (χ4v) is 7.50. The maximum absolute atomic E-state index is 2.25. The van der Waals surface area contributed by atoms with Gasteiger partial charge >= 0.3 is 73.0 Å². The molecule has 0 aromatic rings. The van der Waals surface area contributed by atoms with Gasteiger partial charge in [-0.2, -0.15) is 0 Å². The fourth-order valence-electron chi connectivity index (χ4n) is 3.96. The van der Waals surface area contributed by atoms with Crippen molar-refractivity contribution >= 4 is 8.58 Å². The Morgan fingerprint density at radius 1 is 0.542 bits per heavy atom. The van der Waals surface area contributed by atoms with E-state index in [1.165, 1.54) is 61.8 Å². The van der Waals surface area contributed by atoms with Crippen molar-refractivity contribution in [2.75, 3.05) is 0 Å². The van der Waals surface area contributed by atoms with Gasteiger partial charge in [0.2, 0.25) is 0 Å². The molecule has 0 atom stereocenters. The minimum atomic E-state index is 0.642. The summed E-state index contributed by atoms with van der Waals surface area (Å²) in [7, 11) is 1.33. The molecule has 0 saturated heterocycles. The van der Waals surface area contributed by atoms with Gasteiger partial charge < -0.3 is 0 Å². The molecule has 0 nitrogen and oxygen atoms in total. The van der Waals surface area contributed by atoms with E-state index in [0.29, 0.717) is 9.70 Å². The van der Waals surface area contributed by atoms with Crippen LogP contribution in [0.3, 0.4) is 0 Å². The second-order valence-electron chi connectivity index (χ2n) is 7.32. The normalized spacial score (nSPS) is 25.5. The SMILES string of the molecule is C1=C[CH]([Co][CH]2C=CC=C2)C=C1.C1CCC(PC2CCCCC2)CC1. The second kappa shape index (κ2) is 10.8. The minimum Gasteiger partial charge on any atom is -0.116 e. The van der Waals surface area contributed by atoms with E-state index in [0.717, 1.165) is 11.3 Å². The first kappa shape index (κ1) is 18.7. The van der Waals surface area contributed by atoms with Crippen LogP contribution in [-0.2, 0) is 14.7 Å². The molecule has 0 aliphatic heterocycles. The molecular weight excluding hydrogens is 354 g/mol. The minimum absolute atomic E-state index is 0.642. The van der Waals surface area contributed by atoms with Crippen LogP contribution in [0.25, 0.3) is 0 Å². The van der Waals surface area contributed by atoms with Crippen molar-refractivity contribution < 1.29 is 14.7 Å². The standard InChI is InChI=1S/C12H23P.2C5H5.Co/c1-3-7-11(8-4-1)13-12-9-5-2-6-10-12;2*1-2-4-5-3-1;/h11-13H,1-10H2;2*1-5H;. The van der Waals surface area contributed by atoms with Gasteiger partial charge in [0.25, 0.3) is 0 Å². The summed E-state index contributed by atoms with van der Waals surface area (Å²) in [5.41, 5.74) is 2.30. The van der Waals surface area contributed by atoms with Gasteiger partial charge in [0.1, 0.15) is 0 Å². The molecular formula is C22H33CoP. The van der Waals surface area contributed by atoms with Crippen molar-refractivity contribution in [2.45, 2.75) is 85.2 Å². The summed E-state index contributed by atoms with van der Waals surface area (Å²) >= 11 is 1.51. The van der Waals surface area contributed by atoms with Crippen LogP contribution in [0.2, 0.25) is 9.70 Å². The fraction of sp³-hybridized carbons (Fsp3) is 0.636. The molecule has 0 unspecified atom stereocenters. The Hall–Kier alpha value is -0.104. The number of hydrogen-bond donors (Lipinski definition) is 0. The van der Waals surface area contributed by atoms with Gasteiger partial charge in [0.05, 0.1) is 0 Å². The van der Waals surface area contributed by atoms with Gasteiger partial charge in [0, 0.05) is 0 Å². The molecule has 4 rings (SSSR count). The average Bonchev–Trinajstić information content (AvgIpc) is 3.32. The van der Waals surface area contributed by atoms with E-state index in [1.807, 2.05) is 0 Å². The molecule has 2 saturated carbocycles. The van der Waals surface area contributed by atoms with E-state index in [-0.39, 0.29) is 0 Å². The Labute approximate surface area is 157 Å². The van der Waals surface area contributed by atoms with Crippen molar-refractivity contribution in [3.8, 4) is 0 Å². The van der Waals surface area contributed by atoms with Gasteiger partial charge in [-0.3, -0.25) is 0 Å². The van der Waals surface area contributed by atoms with Crippen LogP contribution in [0.5, 0.6) is 0 Å². The first-order chi connectivity index (χ1) is 11.9. The quantitative estimate of drug-likeness (QED) is 0.447. The van der Waals surface area contributed by atoms with Crippen LogP contribution in [-0.4, -0.2) is 11.3 Å². The van der Waals surface area contributed by atoms with Crippen molar-refractivity contribution in [3.63, 3.8) is 0 Å². The first-order valence-electron chi connectivity index (χ1n) is 9.93. The van der Waals surface area contributed by atoms with E-state index >= 15 is 0 Å². The molecule has 0 heterocycles. The summed E-state index contributed by atoms with van der Waals surface area (Å²) < 4.78 is 0. The molecule has 0 N–H and O–H groups in total.